The Morgan fingerprint density at radius 2 is 1.31 bits per heavy atom. The monoisotopic (exact) mass is 242 g/mol. The zero-order valence-electron chi connectivity index (χ0n) is 7.55. The molecule has 1 rings (SSSR count). The first-order chi connectivity index (χ1) is 6.13. The molecule has 0 amide bonds. The Bertz CT molecular complexity index is 175. The van der Waals surface area contributed by atoms with Crippen LogP contribution in [0.5, 0.6) is 5.75 Å². The molecule has 1 aromatic rings. The van der Waals surface area contributed by atoms with Crippen LogP contribution in [0.3, 0.4) is 0 Å². The zero-order chi connectivity index (χ0) is 10.7. The fraction of sp³-hybridized carbons (Fsp3) is 0.333. The van der Waals surface area contributed by atoms with Gasteiger partial charge in [0.05, 0.1) is 0 Å². The van der Waals surface area contributed by atoms with Gasteiger partial charge >= 0.3 is 0 Å². The van der Waals surface area contributed by atoms with Crippen LogP contribution in [0, 0.1) is 0 Å². The molecule has 0 aliphatic rings. The summed E-state index contributed by atoms with van der Waals surface area (Å²) >= 11 is 14.4. The minimum atomic E-state index is -0.750. The average Bonchev–Trinajstić information content (AvgIpc) is 2.08. The van der Waals surface area contributed by atoms with Crippen molar-refractivity contribution in [2.24, 2.45) is 0 Å². The third kappa shape index (κ3) is 18.7. The van der Waals surface area contributed by atoms with Gasteiger partial charge in [-0.15, -0.1) is 0 Å². The van der Waals surface area contributed by atoms with E-state index in [-0.39, 0.29) is 0 Å². The highest BCUT2D eigenvalue weighted by atomic mass is 35.6. The van der Waals surface area contributed by atoms with Crippen molar-refractivity contribution in [2.75, 3.05) is 0 Å². The van der Waals surface area contributed by atoms with Crippen molar-refractivity contribution >= 4 is 34.8 Å². The van der Waals surface area contributed by atoms with Gasteiger partial charge < -0.3 is 5.11 Å². The molecule has 0 saturated carbocycles. The number of phenolic OH excluding ortho intramolecular Hbond substituents is 1. The second-order valence-corrected chi connectivity index (χ2v) is 3.56. The Morgan fingerprint density at radius 3 is 1.46 bits per heavy atom. The van der Waals surface area contributed by atoms with Gasteiger partial charge in [-0.3, -0.25) is 0 Å². The number of halogens is 3. The molecule has 0 fully saturated rings. The Balaban J connectivity index is 0. The van der Waals surface area contributed by atoms with Gasteiger partial charge in [0.25, 0.3) is 0 Å². The SMILES string of the molecule is CC.ClC(Cl)Cl.Oc1ccccc1. The van der Waals surface area contributed by atoms with Crippen molar-refractivity contribution in [3.8, 4) is 5.75 Å². The molecule has 0 unspecified atom stereocenters. The molecule has 13 heavy (non-hydrogen) atoms. The summed E-state index contributed by atoms with van der Waals surface area (Å²) in [5.74, 6) is 0.322. The first-order valence-electron chi connectivity index (χ1n) is 3.79. The molecule has 0 heterocycles. The predicted octanol–water partition coefficient (Wildman–Crippen LogP) is 4.40. The highest BCUT2D eigenvalue weighted by molar-refractivity contribution is 6.63. The first-order valence-corrected chi connectivity index (χ1v) is 5.10. The van der Waals surface area contributed by atoms with Crippen LogP contribution in [-0.2, 0) is 0 Å². The number of hydrogen-bond acceptors (Lipinski definition) is 1. The Hall–Kier alpha value is -0.110. The van der Waals surface area contributed by atoms with Crippen molar-refractivity contribution < 1.29 is 5.11 Å². The Morgan fingerprint density at radius 1 is 1.00 bits per heavy atom. The normalized spacial score (nSPS) is 7.85. The van der Waals surface area contributed by atoms with Gasteiger partial charge in [0.15, 0.2) is 4.30 Å². The summed E-state index contributed by atoms with van der Waals surface area (Å²) in [5.41, 5.74) is 0. The lowest BCUT2D eigenvalue weighted by Crippen LogP contribution is -1.56. The van der Waals surface area contributed by atoms with Crippen LogP contribution < -0.4 is 0 Å². The quantitative estimate of drug-likeness (QED) is 0.670. The van der Waals surface area contributed by atoms with E-state index in [0.29, 0.717) is 5.75 Å². The van der Waals surface area contributed by atoms with Gasteiger partial charge in [0, 0.05) is 0 Å². The molecule has 0 bridgehead atoms. The van der Waals surface area contributed by atoms with Crippen LogP contribution in [0.15, 0.2) is 30.3 Å². The molecule has 0 aliphatic heterocycles. The molecule has 1 aromatic carbocycles. The molecule has 0 saturated heterocycles. The fourth-order valence-corrected chi connectivity index (χ4v) is 0.428. The number of para-hydroxylation sites is 1. The number of rotatable bonds is 0. The van der Waals surface area contributed by atoms with Gasteiger partial charge in [0.1, 0.15) is 5.75 Å². The van der Waals surface area contributed by atoms with Gasteiger partial charge in [-0.05, 0) is 12.1 Å². The largest absolute Gasteiger partial charge is 0.508 e. The van der Waals surface area contributed by atoms with Crippen LogP contribution in [0.4, 0.5) is 0 Å². The van der Waals surface area contributed by atoms with Crippen molar-refractivity contribution in [3.05, 3.63) is 30.3 Å². The van der Waals surface area contributed by atoms with E-state index in [1.807, 2.05) is 19.9 Å². The highest BCUT2D eigenvalue weighted by Gasteiger charge is 1.79. The van der Waals surface area contributed by atoms with Gasteiger partial charge in [0.2, 0.25) is 0 Å². The van der Waals surface area contributed by atoms with E-state index in [0.717, 1.165) is 0 Å². The topological polar surface area (TPSA) is 20.2 Å². The molecule has 1 nitrogen and oxygen atoms in total. The number of benzene rings is 1. The number of aromatic hydroxyl groups is 1. The standard InChI is InChI=1S/C6H6O.C2H6.CHCl3/c7-6-4-2-1-3-5-6;1-2;2-1(3)4/h1-5,7H;1-2H3;1H. The molecule has 0 aromatic heterocycles. The molecule has 0 radical (unpaired) electrons. The molecule has 4 heteroatoms. The van der Waals surface area contributed by atoms with Crippen molar-refractivity contribution in [3.63, 3.8) is 0 Å². The zero-order valence-corrected chi connectivity index (χ0v) is 9.81. The van der Waals surface area contributed by atoms with Crippen molar-refractivity contribution in [2.45, 2.75) is 18.1 Å². The van der Waals surface area contributed by atoms with Gasteiger partial charge in [-0.1, -0.05) is 66.8 Å². The smallest absolute Gasteiger partial charge is 0.180 e. The van der Waals surface area contributed by atoms with E-state index >= 15 is 0 Å². The number of phenols is 1. The lowest BCUT2D eigenvalue weighted by atomic mass is 10.3. The first kappa shape index (κ1) is 15.4. The minimum Gasteiger partial charge on any atom is -0.508 e. The highest BCUT2D eigenvalue weighted by Crippen LogP contribution is 2.03. The van der Waals surface area contributed by atoms with E-state index in [1.165, 1.54) is 0 Å². The second kappa shape index (κ2) is 11.9. The lowest BCUT2D eigenvalue weighted by molar-refractivity contribution is 0.475. The maximum Gasteiger partial charge on any atom is 0.180 e. The number of alkyl halides is 3. The third-order valence-corrected chi connectivity index (χ3v) is 0.756. The summed E-state index contributed by atoms with van der Waals surface area (Å²) in [6.45, 7) is 4.00. The summed E-state index contributed by atoms with van der Waals surface area (Å²) < 4.78 is -0.750. The molecule has 76 valence electrons. The average molecular weight is 244 g/mol. The van der Waals surface area contributed by atoms with Crippen LogP contribution >= 0.6 is 34.8 Å². The molecular formula is C9H13Cl3O. The summed E-state index contributed by atoms with van der Waals surface area (Å²) in [5, 5.41) is 8.63. The van der Waals surface area contributed by atoms with Crippen molar-refractivity contribution in [1.29, 1.82) is 0 Å². The summed E-state index contributed by atoms with van der Waals surface area (Å²) in [6, 6.07) is 8.71. The summed E-state index contributed by atoms with van der Waals surface area (Å²) in [6.07, 6.45) is 0. The predicted molar refractivity (Wildman–Crippen MR) is 60.8 cm³/mol. The molecule has 0 aliphatic carbocycles. The summed E-state index contributed by atoms with van der Waals surface area (Å²) in [4.78, 5) is 0. The van der Waals surface area contributed by atoms with E-state index < -0.39 is 4.30 Å². The molecule has 1 N–H and O–H groups in total. The van der Waals surface area contributed by atoms with Gasteiger partial charge in [-0.25, -0.2) is 0 Å². The number of hydrogen-bond donors (Lipinski definition) is 1. The molecular weight excluding hydrogens is 230 g/mol. The lowest BCUT2D eigenvalue weighted by Gasteiger charge is -1.82. The van der Waals surface area contributed by atoms with E-state index in [9.17, 15) is 0 Å². The Labute approximate surface area is 94.2 Å². The maximum atomic E-state index is 8.63. The van der Waals surface area contributed by atoms with Crippen LogP contribution in [0.2, 0.25) is 0 Å². The Kier molecular flexibility index (Phi) is 14.1. The van der Waals surface area contributed by atoms with Crippen LogP contribution in [-0.4, -0.2) is 9.40 Å². The molecule has 0 spiro atoms. The maximum absolute atomic E-state index is 8.63. The van der Waals surface area contributed by atoms with Gasteiger partial charge in [-0.2, -0.15) is 0 Å². The second-order valence-electron chi connectivity index (χ2n) is 1.58. The third-order valence-electron chi connectivity index (χ3n) is 0.756. The van der Waals surface area contributed by atoms with Crippen LogP contribution in [0.1, 0.15) is 13.8 Å². The van der Waals surface area contributed by atoms with E-state index in [4.69, 9.17) is 39.9 Å². The fourth-order valence-electron chi connectivity index (χ4n) is 0.428. The minimum absolute atomic E-state index is 0.322. The van der Waals surface area contributed by atoms with Crippen molar-refractivity contribution in [1.82, 2.24) is 0 Å². The summed E-state index contributed by atoms with van der Waals surface area (Å²) in [7, 11) is 0. The van der Waals surface area contributed by atoms with E-state index in [1.54, 1.807) is 24.3 Å². The van der Waals surface area contributed by atoms with Crippen LogP contribution in [0.25, 0.3) is 0 Å². The van der Waals surface area contributed by atoms with E-state index in [2.05, 4.69) is 0 Å². The molecule has 0 atom stereocenters.